The fourth-order valence-corrected chi connectivity index (χ4v) is 2.89. The van der Waals surface area contributed by atoms with Gasteiger partial charge in [-0.25, -0.2) is 0 Å². The van der Waals surface area contributed by atoms with Crippen LogP contribution in [0.2, 0.25) is 5.02 Å². The summed E-state index contributed by atoms with van der Waals surface area (Å²) in [7, 11) is 0. The molecule has 1 aromatic rings. The Morgan fingerprint density at radius 2 is 1.80 bits per heavy atom. The van der Waals surface area contributed by atoms with Crippen molar-refractivity contribution in [2.75, 3.05) is 18.4 Å². The lowest BCUT2D eigenvalue weighted by molar-refractivity contribution is -0.144. The third-order valence-electron chi connectivity index (χ3n) is 3.47. The van der Waals surface area contributed by atoms with Gasteiger partial charge in [0, 0.05) is 13.1 Å². The van der Waals surface area contributed by atoms with E-state index in [1.54, 1.807) is 29.2 Å². The number of piperidine rings is 1. The largest absolute Gasteiger partial charge is 0.334 e. The molecule has 0 radical (unpaired) electrons. The number of nitrogens with one attached hydrogen (secondary N) is 1. The minimum Gasteiger partial charge on any atom is -0.334 e. The lowest BCUT2D eigenvalue weighted by Crippen LogP contribution is -2.47. The second-order valence-corrected chi connectivity index (χ2v) is 6.00. The second kappa shape index (κ2) is 6.27. The van der Waals surface area contributed by atoms with Gasteiger partial charge in [0.15, 0.2) is 0 Å². The van der Waals surface area contributed by atoms with Crippen LogP contribution in [0, 0.1) is 11.8 Å². The maximum atomic E-state index is 12.2. The lowest BCUT2D eigenvalue weighted by atomic mass is 9.92. The third-order valence-corrected chi connectivity index (χ3v) is 3.80. The molecule has 4 nitrogen and oxygen atoms in total. The summed E-state index contributed by atoms with van der Waals surface area (Å²) >= 11 is 5.97. The summed E-state index contributed by atoms with van der Waals surface area (Å²) in [4.78, 5) is 25.8. The first-order chi connectivity index (χ1) is 9.47. The van der Waals surface area contributed by atoms with Crippen LogP contribution < -0.4 is 5.32 Å². The minimum absolute atomic E-state index is 0.425. The summed E-state index contributed by atoms with van der Waals surface area (Å²) in [6.07, 6.45) is 1.09. The average Bonchev–Trinajstić information content (AvgIpc) is 2.39. The predicted octanol–water partition coefficient (Wildman–Crippen LogP) is 2.78. The van der Waals surface area contributed by atoms with Gasteiger partial charge in [-0.3, -0.25) is 9.59 Å². The Bertz CT molecular complexity index is 508. The van der Waals surface area contributed by atoms with Crippen LogP contribution in [0.3, 0.4) is 0 Å². The molecule has 1 aromatic carbocycles. The van der Waals surface area contributed by atoms with Gasteiger partial charge >= 0.3 is 11.8 Å². The van der Waals surface area contributed by atoms with E-state index in [4.69, 9.17) is 11.6 Å². The fraction of sp³-hybridized carbons (Fsp3) is 0.467. The normalized spacial score (nSPS) is 22.4. The Labute approximate surface area is 124 Å². The molecule has 0 spiro atoms. The van der Waals surface area contributed by atoms with E-state index in [0.29, 0.717) is 35.6 Å². The van der Waals surface area contributed by atoms with E-state index in [0.717, 1.165) is 6.42 Å². The molecule has 2 amide bonds. The molecule has 2 rings (SSSR count). The second-order valence-electron chi connectivity index (χ2n) is 5.59. The molecular formula is C15H19ClN2O2. The first-order valence-electron chi connectivity index (χ1n) is 6.82. The monoisotopic (exact) mass is 294 g/mol. The number of carbonyl (C=O) groups is 2. The quantitative estimate of drug-likeness (QED) is 0.810. The van der Waals surface area contributed by atoms with Gasteiger partial charge in [-0.1, -0.05) is 37.6 Å². The summed E-state index contributed by atoms with van der Waals surface area (Å²) in [6.45, 7) is 5.47. The molecule has 1 fully saturated rings. The Kier molecular flexibility index (Phi) is 4.65. The number of halogens is 1. The molecule has 1 heterocycles. The van der Waals surface area contributed by atoms with Gasteiger partial charge in [0.2, 0.25) is 0 Å². The number of rotatable bonds is 1. The molecule has 2 atom stereocenters. The van der Waals surface area contributed by atoms with Crippen molar-refractivity contribution in [1.82, 2.24) is 4.90 Å². The summed E-state index contributed by atoms with van der Waals surface area (Å²) in [5, 5.41) is 3.00. The fourth-order valence-electron chi connectivity index (χ4n) is 2.71. The highest BCUT2D eigenvalue weighted by Crippen LogP contribution is 2.23. The van der Waals surface area contributed by atoms with Crippen molar-refractivity contribution in [1.29, 1.82) is 0 Å². The van der Waals surface area contributed by atoms with Crippen LogP contribution in [0.15, 0.2) is 24.3 Å². The third kappa shape index (κ3) is 3.51. The first kappa shape index (κ1) is 14.9. The zero-order valence-corrected chi connectivity index (χ0v) is 12.5. The van der Waals surface area contributed by atoms with Gasteiger partial charge in [0.1, 0.15) is 0 Å². The van der Waals surface area contributed by atoms with E-state index in [9.17, 15) is 9.59 Å². The molecule has 5 heteroatoms. The molecule has 108 valence electrons. The number of amides is 2. The van der Waals surface area contributed by atoms with E-state index in [-0.39, 0.29) is 0 Å². The summed E-state index contributed by atoms with van der Waals surface area (Å²) in [5.41, 5.74) is 0.464. The van der Waals surface area contributed by atoms with E-state index in [1.165, 1.54) is 0 Å². The van der Waals surface area contributed by atoms with Crippen molar-refractivity contribution in [3.63, 3.8) is 0 Å². The molecule has 0 aromatic heterocycles. The van der Waals surface area contributed by atoms with E-state index >= 15 is 0 Å². The van der Waals surface area contributed by atoms with Gasteiger partial charge in [-0.2, -0.15) is 0 Å². The number of hydrogen-bond acceptors (Lipinski definition) is 2. The Morgan fingerprint density at radius 1 is 1.20 bits per heavy atom. The van der Waals surface area contributed by atoms with Crippen LogP contribution in [0.4, 0.5) is 5.69 Å². The van der Waals surface area contributed by atoms with Gasteiger partial charge in [0.25, 0.3) is 0 Å². The minimum atomic E-state index is -0.626. The highest BCUT2D eigenvalue weighted by molar-refractivity contribution is 6.41. The highest BCUT2D eigenvalue weighted by atomic mass is 35.5. The van der Waals surface area contributed by atoms with Gasteiger partial charge in [0.05, 0.1) is 10.7 Å². The first-order valence-corrected chi connectivity index (χ1v) is 7.20. The maximum absolute atomic E-state index is 12.2. The molecule has 1 saturated heterocycles. The Balaban J connectivity index is 2.02. The van der Waals surface area contributed by atoms with E-state index in [1.807, 2.05) is 0 Å². The maximum Gasteiger partial charge on any atom is 0.313 e. The van der Waals surface area contributed by atoms with Gasteiger partial charge in [-0.05, 0) is 30.4 Å². The molecule has 20 heavy (non-hydrogen) atoms. The average molecular weight is 295 g/mol. The van der Waals surface area contributed by atoms with Crippen LogP contribution in [0.5, 0.6) is 0 Å². The number of hydrogen-bond donors (Lipinski definition) is 1. The lowest BCUT2D eigenvalue weighted by Gasteiger charge is -2.34. The number of benzene rings is 1. The molecule has 2 unspecified atom stereocenters. The van der Waals surface area contributed by atoms with Crippen molar-refractivity contribution in [3.8, 4) is 0 Å². The standard InChI is InChI=1S/C15H19ClN2O2/c1-10-7-11(2)9-18(8-10)15(20)14(19)17-13-6-4-3-5-12(13)16/h3-6,10-11H,7-9H2,1-2H3,(H,17,19). The SMILES string of the molecule is CC1CC(C)CN(C(=O)C(=O)Nc2ccccc2Cl)C1. The Hall–Kier alpha value is -1.55. The topological polar surface area (TPSA) is 49.4 Å². The van der Waals surface area contributed by atoms with Crippen LogP contribution in [0.1, 0.15) is 20.3 Å². The van der Waals surface area contributed by atoms with E-state index < -0.39 is 11.8 Å². The molecule has 1 aliphatic rings. The zero-order chi connectivity index (χ0) is 14.7. The van der Waals surface area contributed by atoms with E-state index in [2.05, 4.69) is 19.2 Å². The van der Waals surface area contributed by atoms with Crippen molar-refractivity contribution in [2.24, 2.45) is 11.8 Å². The highest BCUT2D eigenvalue weighted by Gasteiger charge is 2.29. The van der Waals surface area contributed by atoms with Crippen molar-refractivity contribution >= 4 is 29.1 Å². The zero-order valence-electron chi connectivity index (χ0n) is 11.7. The predicted molar refractivity (Wildman–Crippen MR) is 79.6 cm³/mol. The van der Waals surface area contributed by atoms with Crippen LogP contribution in [0.25, 0.3) is 0 Å². The molecule has 0 saturated carbocycles. The molecule has 0 aliphatic carbocycles. The molecule has 0 bridgehead atoms. The number of likely N-dealkylation sites (tertiary alicyclic amines) is 1. The van der Waals surface area contributed by atoms with Gasteiger partial charge in [-0.15, -0.1) is 0 Å². The smallest absolute Gasteiger partial charge is 0.313 e. The number of anilines is 1. The number of carbonyl (C=O) groups excluding carboxylic acids is 2. The van der Waals surface area contributed by atoms with Crippen LogP contribution in [-0.2, 0) is 9.59 Å². The summed E-state index contributed by atoms with van der Waals surface area (Å²) in [6, 6.07) is 6.88. The molecule has 1 aliphatic heterocycles. The van der Waals surface area contributed by atoms with Gasteiger partial charge < -0.3 is 10.2 Å². The summed E-state index contributed by atoms with van der Waals surface area (Å²) < 4.78 is 0. The van der Waals surface area contributed by atoms with Crippen molar-refractivity contribution in [2.45, 2.75) is 20.3 Å². The van der Waals surface area contributed by atoms with Crippen LogP contribution >= 0.6 is 11.6 Å². The van der Waals surface area contributed by atoms with Crippen molar-refractivity contribution < 1.29 is 9.59 Å². The van der Waals surface area contributed by atoms with Crippen LogP contribution in [-0.4, -0.2) is 29.8 Å². The van der Waals surface area contributed by atoms with Crippen molar-refractivity contribution in [3.05, 3.63) is 29.3 Å². The molecule has 1 N–H and O–H groups in total. The Morgan fingerprint density at radius 3 is 2.40 bits per heavy atom. The molecular weight excluding hydrogens is 276 g/mol. The summed E-state index contributed by atoms with van der Waals surface area (Å²) in [5.74, 6) is -0.255. The number of nitrogens with zero attached hydrogens (tertiary/aromatic N) is 1. The number of para-hydroxylation sites is 1.